The number of benzene rings is 1. The van der Waals surface area contributed by atoms with Gasteiger partial charge in [-0.25, -0.2) is 0 Å². The summed E-state index contributed by atoms with van der Waals surface area (Å²) in [6.45, 7) is 3.62. The van der Waals surface area contributed by atoms with Crippen molar-refractivity contribution in [3.8, 4) is 5.75 Å². The molecule has 0 N–H and O–H groups in total. The molecule has 0 saturated heterocycles. The minimum atomic E-state index is -0.0697. The molecule has 0 aliphatic heterocycles. The van der Waals surface area contributed by atoms with Gasteiger partial charge in [0.1, 0.15) is 17.3 Å². The minimum Gasteiger partial charge on any atom is -0.496 e. The highest BCUT2D eigenvalue weighted by Crippen LogP contribution is 2.26. The summed E-state index contributed by atoms with van der Waals surface area (Å²) in [6.07, 6.45) is 0. The van der Waals surface area contributed by atoms with Crippen LogP contribution in [0.5, 0.6) is 5.75 Å². The summed E-state index contributed by atoms with van der Waals surface area (Å²) in [5.41, 5.74) is 1.15. The molecule has 0 fully saturated rings. The van der Waals surface area contributed by atoms with Crippen molar-refractivity contribution in [3.05, 3.63) is 50.5 Å². The number of carbonyl (C=O) groups is 1. The molecule has 1 heterocycles. The predicted octanol–water partition coefficient (Wildman–Crippen LogP) is 3.74. The van der Waals surface area contributed by atoms with Gasteiger partial charge in [0.25, 0.3) is 0 Å². The lowest BCUT2D eigenvalue weighted by Gasteiger charge is -2.07. The van der Waals surface area contributed by atoms with Crippen molar-refractivity contribution in [2.75, 3.05) is 7.11 Å². The Morgan fingerprint density at radius 1 is 1.22 bits per heavy atom. The first kappa shape index (κ1) is 13.1. The third kappa shape index (κ3) is 2.43. The van der Waals surface area contributed by atoms with Crippen molar-refractivity contribution < 1.29 is 13.9 Å². The van der Waals surface area contributed by atoms with Crippen LogP contribution in [0.15, 0.2) is 28.7 Å². The van der Waals surface area contributed by atoms with Gasteiger partial charge < -0.3 is 9.15 Å². The molecule has 18 heavy (non-hydrogen) atoms. The van der Waals surface area contributed by atoms with Crippen LogP contribution in [-0.4, -0.2) is 12.9 Å². The third-order valence-corrected chi connectivity index (χ3v) is 3.36. The Hall–Kier alpha value is -1.30. The normalized spacial score (nSPS) is 10.4. The zero-order valence-electron chi connectivity index (χ0n) is 10.4. The lowest BCUT2D eigenvalue weighted by molar-refractivity contribution is 0.103. The monoisotopic (exact) mass is 356 g/mol. The molecule has 0 spiro atoms. The molecule has 1 aromatic carbocycles. The number of ether oxygens (including phenoxy) is 1. The SMILES string of the molecule is COc1ccc(I)cc1C(=O)c1cc(C)oc1C. The number of methoxy groups -OCH3 is 1. The number of halogens is 1. The van der Waals surface area contributed by atoms with Gasteiger partial charge in [-0.15, -0.1) is 0 Å². The van der Waals surface area contributed by atoms with E-state index >= 15 is 0 Å². The zero-order valence-corrected chi connectivity index (χ0v) is 12.6. The quantitative estimate of drug-likeness (QED) is 0.621. The summed E-state index contributed by atoms with van der Waals surface area (Å²) in [4.78, 5) is 12.5. The van der Waals surface area contributed by atoms with E-state index in [1.165, 1.54) is 0 Å². The highest BCUT2D eigenvalue weighted by molar-refractivity contribution is 14.1. The van der Waals surface area contributed by atoms with E-state index in [1.807, 2.05) is 19.1 Å². The van der Waals surface area contributed by atoms with Gasteiger partial charge in [-0.3, -0.25) is 4.79 Å². The fraction of sp³-hybridized carbons (Fsp3) is 0.214. The number of aryl methyl sites for hydroxylation is 2. The molecular formula is C14H13IO3. The molecule has 0 atom stereocenters. The van der Waals surface area contributed by atoms with Crippen molar-refractivity contribution in [3.63, 3.8) is 0 Å². The first-order valence-corrected chi connectivity index (χ1v) is 6.56. The van der Waals surface area contributed by atoms with Crippen LogP contribution in [0.1, 0.15) is 27.4 Å². The molecule has 0 unspecified atom stereocenters. The van der Waals surface area contributed by atoms with E-state index in [-0.39, 0.29) is 5.78 Å². The van der Waals surface area contributed by atoms with E-state index in [0.29, 0.717) is 22.6 Å². The van der Waals surface area contributed by atoms with Crippen molar-refractivity contribution in [1.29, 1.82) is 0 Å². The van der Waals surface area contributed by atoms with Crippen LogP contribution in [0.25, 0.3) is 0 Å². The molecule has 4 heteroatoms. The first-order valence-electron chi connectivity index (χ1n) is 5.48. The van der Waals surface area contributed by atoms with Crippen LogP contribution in [-0.2, 0) is 0 Å². The number of carbonyl (C=O) groups excluding carboxylic acids is 1. The molecule has 3 nitrogen and oxygen atoms in total. The molecule has 0 aliphatic carbocycles. The lowest BCUT2D eigenvalue weighted by Crippen LogP contribution is -2.04. The number of hydrogen-bond acceptors (Lipinski definition) is 3. The summed E-state index contributed by atoms with van der Waals surface area (Å²) < 4.78 is 11.6. The van der Waals surface area contributed by atoms with Crippen molar-refractivity contribution >= 4 is 28.4 Å². The van der Waals surface area contributed by atoms with E-state index in [1.54, 1.807) is 26.2 Å². The average Bonchev–Trinajstić information content (AvgIpc) is 2.67. The van der Waals surface area contributed by atoms with E-state index in [9.17, 15) is 4.79 Å². The summed E-state index contributed by atoms with van der Waals surface area (Å²) >= 11 is 2.17. The first-order chi connectivity index (χ1) is 8.52. The third-order valence-electron chi connectivity index (χ3n) is 2.69. The maximum atomic E-state index is 12.5. The summed E-state index contributed by atoms with van der Waals surface area (Å²) in [7, 11) is 1.56. The molecule has 0 aliphatic rings. The van der Waals surface area contributed by atoms with Crippen LogP contribution < -0.4 is 4.74 Å². The molecule has 0 bridgehead atoms. The molecule has 2 aromatic rings. The largest absolute Gasteiger partial charge is 0.496 e. The summed E-state index contributed by atoms with van der Waals surface area (Å²) in [5.74, 6) is 1.89. The topological polar surface area (TPSA) is 39.4 Å². The summed E-state index contributed by atoms with van der Waals surface area (Å²) in [5, 5.41) is 0. The fourth-order valence-electron chi connectivity index (χ4n) is 1.86. The Balaban J connectivity index is 2.51. The van der Waals surface area contributed by atoms with Gasteiger partial charge in [-0.05, 0) is 60.7 Å². The van der Waals surface area contributed by atoms with Gasteiger partial charge in [0.05, 0.1) is 18.2 Å². The van der Waals surface area contributed by atoms with Gasteiger partial charge in [0.2, 0.25) is 0 Å². The van der Waals surface area contributed by atoms with Gasteiger partial charge in [-0.1, -0.05) is 0 Å². The Morgan fingerprint density at radius 2 is 1.94 bits per heavy atom. The predicted molar refractivity (Wildman–Crippen MR) is 77.3 cm³/mol. The van der Waals surface area contributed by atoms with Crippen LogP contribution in [0.2, 0.25) is 0 Å². The van der Waals surface area contributed by atoms with E-state index < -0.39 is 0 Å². The lowest BCUT2D eigenvalue weighted by atomic mass is 10.0. The van der Waals surface area contributed by atoms with E-state index in [4.69, 9.17) is 9.15 Å². The van der Waals surface area contributed by atoms with Gasteiger partial charge in [0, 0.05) is 3.57 Å². The number of furan rings is 1. The van der Waals surface area contributed by atoms with Crippen LogP contribution in [0, 0.1) is 17.4 Å². The Morgan fingerprint density at radius 3 is 2.50 bits per heavy atom. The molecule has 94 valence electrons. The van der Waals surface area contributed by atoms with Gasteiger partial charge >= 0.3 is 0 Å². The molecule has 0 radical (unpaired) electrons. The van der Waals surface area contributed by atoms with Crippen molar-refractivity contribution in [2.24, 2.45) is 0 Å². The second kappa shape index (κ2) is 5.14. The number of rotatable bonds is 3. The van der Waals surface area contributed by atoms with Crippen molar-refractivity contribution in [2.45, 2.75) is 13.8 Å². The van der Waals surface area contributed by atoms with Crippen molar-refractivity contribution in [1.82, 2.24) is 0 Å². The van der Waals surface area contributed by atoms with Gasteiger partial charge in [-0.2, -0.15) is 0 Å². The average molecular weight is 356 g/mol. The number of ketones is 1. The second-order valence-electron chi connectivity index (χ2n) is 4.00. The minimum absolute atomic E-state index is 0.0697. The highest BCUT2D eigenvalue weighted by Gasteiger charge is 2.19. The molecule has 0 amide bonds. The number of hydrogen-bond donors (Lipinski definition) is 0. The smallest absolute Gasteiger partial charge is 0.200 e. The molecule has 1 aromatic heterocycles. The summed E-state index contributed by atoms with van der Waals surface area (Å²) in [6, 6.07) is 7.29. The molecular weight excluding hydrogens is 343 g/mol. The second-order valence-corrected chi connectivity index (χ2v) is 5.25. The zero-order chi connectivity index (χ0) is 13.3. The van der Waals surface area contributed by atoms with E-state index in [0.717, 1.165) is 9.33 Å². The highest BCUT2D eigenvalue weighted by atomic mass is 127. The Bertz CT molecular complexity index is 599. The maximum absolute atomic E-state index is 12.5. The van der Waals surface area contributed by atoms with Crippen LogP contribution in [0.3, 0.4) is 0 Å². The van der Waals surface area contributed by atoms with Gasteiger partial charge in [0.15, 0.2) is 5.78 Å². The van der Waals surface area contributed by atoms with E-state index in [2.05, 4.69) is 22.6 Å². The maximum Gasteiger partial charge on any atom is 0.200 e. The Labute approximate surface area is 119 Å². The fourth-order valence-corrected chi connectivity index (χ4v) is 2.35. The Kier molecular flexibility index (Phi) is 3.75. The van der Waals surface area contributed by atoms with Crippen LogP contribution in [0.4, 0.5) is 0 Å². The molecule has 0 saturated carbocycles. The molecule has 2 rings (SSSR count). The standard InChI is InChI=1S/C14H13IO3/c1-8-6-11(9(2)18-8)14(16)12-7-10(15)4-5-13(12)17-3/h4-7H,1-3H3. The van der Waals surface area contributed by atoms with Crippen LogP contribution >= 0.6 is 22.6 Å².